The average molecular weight is 336 g/mol. The number of hydrogen-bond acceptors (Lipinski definition) is 4. The minimum Gasteiger partial charge on any atom is -0.373 e. The summed E-state index contributed by atoms with van der Waals surface area (Å²) in [6.07, 6.45) is 2.43. The van der Waals surface area contributed by atoms with Gasteiger partial charge < -0.3 is 5.32 Å². The van der Waals surface area contributed by atoms with Gasteiger partial charge in [0.1, 0.15) is 16.7 Å². The van der Waals surface area contributed by atoms with Gasteiger partial charge in [-0.25, -0.2) is 9.97 Å². The van der Waals surface area contributed by atoms with Crippen LogP contribution < -0.4 is 5.32 Å². The molecular weight excluding hydrogens is 322 g/mol. The van der Waals surface area contributed by atoms with E-state index in [9.17, 15) is 0 Å². The van der Waals surface area contributed by atoms with Crippen molar-refractivity contribution in [1.82, 2.24) is 9.97 Å². The minimum atomic E-state index is 0.565. The number of aromatic nitrogens is 2. The smallest absolute Gasteiger partial charge is 0.135 e. The van der Waals surface area contributed by atoms with Crippen molar-refractivity contribution in [2.45, 2.75) is 28.7 Å². The van der Waals surface area contributed by atoms with E-state index < -0.39 is 0 Å². The van der Waals surface area contributed by atoms with Crippen molar-refractivity contribution in [3.8, 4) is 0 Å². The third-order valence-corrected chi connectivity index (χ3v) is 4.34. The number of halogens is 1. The second-order valence-electron chi connectivity index (χ2n) is 4.53. The molecular formula is C14H14BrN3S. The Morgan fingerprint density at radius 3 is 2.79 bits per heavy atom. The summed E-state index contributed by atoms with van der Waals surface area (Å²) < 4.78 is 1.09. The van der Waals surface area contributed by atoms with Crippen LogP contribution in [0, 0.1) is 0 Å². The van der Waals surface area contributed by atoms with Crippen molar-refractivity contribution < 1.29 is 0 Å². The van der Waals surface area contributed by atoms with Gasteiger partial charge in [0.2, 0.25) is 0 Å². The summed E-state index contributed by atoms with van der Waals surface area (Å²) in [4.78, 5) is 10.4. The highest BCUT2D eigenvalue weighted by atomic mass is 79.9. The predicted octanol–water partition coefficient (Wildman–Crippen LogP) is 4.31. The van der Waals surface area contributed by atoms with E-state index in [1.165, 1.54) is 17.7 Å². The Morgan fingerprint density at radius 2 is 2.11 bits per heavy atom. The van der Waals surface area contributed by atoms with Gasteiger partial charge >= 0.3 is 0 Å². The second kappa shape index (κ2) is 5.51. The Labute approximate surface area is 125 Å². The zero-order valence-corrected chi connectivity index (χ0v) is 13.0. The molecule has 2 aromatic rings. The third-order valence-electron chi connectivity index (χ3n) is 2.94. The lowest BCUT2D eigenvalue weighted by Crippen LogP contribution is -2.00. The molecule has 1 aliphatic carbocycles. The molecule has 1 heterocycles. The topological polar surface area (TPSA) is 37.8 Å². The number of nitrogens with one attached hydrogen (secondary N) is 1. The summed E-state index contributed by atoms with van der Waals surface area (Å²) in [6.45, 7) is 0. The Hall–Kier alpha value is -1.07. The molecule has 1 saturated carbocycles. The van der Waals surface area contributed by atoms with Crippen molar-refractivity contribution in [2.75, 3.05) is 12.4 Å². The predicted molar refractivity (Wildman–Crippen MR) is 81.8 cm³/mol. The van der Waals surface area contributed by atoms with Crippen molar-refractivity contribution in [2.24, 2.45) is 0 Å². The van der Waals surface area contributed by atoms with Crippen LogP contribution in [0.25, 0.3) is 0 Å². The van der Waals surface area contributed by atoms with Crippen LogP contribution in [0.4, 0.5) is 5.82 Å². The van der Waals surface area contributed by atoms with Crippen molar-refractivity contribution in [1.29, 1.82) is 0 Å². The first kappa shape index (κ1) is 12.9. The summed E-state index contributed by atoms with van der Waals surface area (Å²) in [5.41, 5.74) is 0. The maximum atomic E-state index is 4.66. The summed E-state index contributed by atoms with van der Waals surface area (Å²) in [5, 5.41) is 4.11. The first-order chi connectivity index (χ1) is 9.24. The van der Waals surface area contributed by atoms with Gasteiger partial charge in [0.15, 0.2) is 0 Å². The van der Waals surface area contributed by atoms with Crippen LogP contribution in [-0.2, 0) is 0 Å². The van der Waals surface area contributed by atoms with Gasteiger partial charge in [-0.1, -0.05) is 33.8 Å². The molecule has 3 nitrogen and oxygen atoms in total. The number of rotatable bonds is 4. The van der Waals surface area contributed by atoms with Gasteiger partial charge in [-0.05, 0) is 31.0 Å². The zero-order valence-electron chi connectivity index (χ0n) is 10.6. The Kier molecular flexibility index (Phi) is 3.75. The first-order valence-electron chi connectivity index (χ1n) is 6.25. The lowest BCUT2D eigenvalue weighted by Gasteiger charge is -2.07. The molecule has 0 saturated heterocycles. The molecule has 0 bridgehead atoms. The fourth-order valence-corrected chi connectivity index (χ4v) is 3.23. The van der Waals surface area contributed by atoms with Crippen LogP contribution in [0.1, 0.15) is 24.6 Å². The van der Waals surface area contributed by atoms with Crippen LogP contribution in [0.2, 0.25) is 0 Å². The van der Waals surface area contributed by atoms with E-state index in [-0.39, 0.29) is 0 Å². The number of anilines is 1. The van der Waals surface area contributed by atoms with Gasteiger partial charge in [-0.2, -0.15) is 0 Å². The highest BCUT2D eigenvalue weighted by Crippen LogP contribution is 2.39. The Balaban J connectivity index is 1.89. The lowest BCUT2D eigenvalue weighted by atomic mass is 10.4. The largest absolute Gasteiger partial charge is 0.373 e. The molecule has 98 valence electrons. The zero-order chi connectivity index (χ0) is 13.2. The molecule has 0 amide bonds. The number of hydrogen-bond donors (Lipinski definition) is 1. The van der Waals surface area contributed by atoms with Crippen LogP contribution in [0.5, 0.6) is 0 Å². The van der Waals surface area contributed by atoms with Gasteiger partial charge in [0, 0.05) is 28.4 Å². The van der Waals surface area contributed by atoms with E-state index in [0.717, 1.165) is 21.1 Å². The monoisotopic (exact) mass is 335 g/mol. The van der Waals surface area contributed by atoms with E-state index in [1.54, 1.807) is 11.8 Å². The normalized spacial score (nSPS) is 14.4. The van der Waals surface area contributed by atoms with Crippen LogP contribution in [0.3, 0.4) is 0 Å². The van der Waals surface area contributed by atoms with Crippen LogP contribution >= 0.6 is 27.7 Å². The van der Waals surface area contributed by atoms with Crippen molar-refractivity contribution in [3.63, 3.8) is 0 Å². The summed E-state index contributed by atoms with van der Waals surface area (Å²) in [5.74, 6) is 2.44. The average Bonchev–Trinajstić information content (AvgIpc) is 3.22. The highest BCUT2D eigenvalue weighted by Gasteiger charge is 2.27. The van der Waals surface area contributed by atoms with E-state index >= 15 is 0 Å². The van der Waals surface area contributed by atoms with Gasteiger partial charge in [0.25, 0.3) is 0 Å². The Bertz CT molecular complexity index is 599. The van der Waals surface area contributed by atoms with E-state index in [4.69, 9.17) is 0 Å². The summed E-state index contributed by atoms with van der Waals surface area (Å²) >= 11 is 5.16. The molecule has 0 atom stereocenters. The van der Waals surface area contributed by atoms with Gasteiger partial charge in [-0.3, -0.25) is 0 Å². The van der Waals surface area contributed by atoms with Crippen LogP contribution in [0.15, 0.2) is 44.7 Å². The maximum Gasteiger partial charge on any atom is 0.135 e. The van der Waals surface area contributed by atoms with Crippen molar-refractivity contribution >= 4 is 33.5 Å². The Morgan fingerprint density at radius 1 is 1.26 bits per heavy atom. The number of nitrogens with zero attached hydrogens (tertiary/aromatic N) is 2. The quantitative estimate of drug-likeness (QED) is 0.845. The molecule has 1 aromatic heterocycles. The fourth-order valence-electron chi connectivity index (χ4n) is 1.80. The molecule has 0 unspecified atom stereocenters. The lowest BCUT2D eigenvalue weighted by molar-refractivity contribution is 0.880. The SMILES string of the molecule is CNc1cc(Sc2cccc(Br)c2)nc(C2CC2)n1. The summed E-state index contributed by atoms with van der Waals surface area (Å²) in [6, 6.07) is 10.3. The fraction of sp³-hybridized carbons (Fsp3) is 0.286. The van der Waals surface area contributed by atoms with Gasteiger partial charge in [-0.15, -0.1) is 0 Å². The first-order valence-corrected chi connectivity index (χ1v) is 7.86. The van der Waals surface area contributed by atoms with Gasteiger partial charge in [0.05, 0.1) is 0 Å². The molecule has 19 heavy (non-hydrogen) atoms. The molecule has 1 N–H and O–H groups in total. The third kappa shape index (κ3) is 3.28. The van der Waals surface area contributed by atoms with E-state index in [1.807, 2.05) is 25.2 Å². The highest BCUT2D eigenvalue weighted by molar-refractivity contribution is 9.10. The molecule has 0 aliphatic heterocycles. The molecule has 1 fully saturated rings. The summed E-state index contributed by atoms with van der Waals surface area (Å²) in [7, 11) is 1.90. The molecule has 5 heteroatoms. The minimum absolute atomic E-state index is 0.565. The van der Waals surface area contributed by atoms with Crippen LogP contribution in [-0.4, -0.2) is 17.0 Å². The standard InChI is InChI=1S/C14H14BrN3S/c1-16-12-8-13(18-14(17-12)9-5-6-9)19-11-4-2-3-10(15)7-11/h2-4,7-9H,5-6H2,1H3,(H,16,17,18). The second-order valence-corrected chi connectivity index (χ2v) is 6.54. The number of benzene rings is 1. The molecule has 1 aromatic carbocycles. The van der Waals surface area contributed by atoms with Crippen molar-refractivity contribution in [3.05, 3.63) is 40.6 Å². The molecule has 3 rings (SSSR count). The van der Waals surface area contributed by atoms with E-state index in [0.29, 0.717) is 5.92 Å². The maximum absolute atomic E-state index is 4.66. The molecule has 0 spiro atoms. The molecule has 1 aliphatic rings. The molecule has 0 radical (unpaired) electrons. The van der Waals surface area contributed by atoms with E-state index in [2.05, 4.69) is 43.3 Å².